The van der Waals surface area contributed by atoms with E-state index in [1.807, 2.05) is 6.07 Å². The van der Waals surface area contributed by atoms with Crippen molar-refractivity contribution in [3.63, 3.8) is 0 Å². The minimum atomic E-state index is -3.24. The number of hydrogen-bond acceptors (Lipinski definition) is 3. The van der Waals surface area contributed by atoms with E-state index in [9.17, 15) is 8.42 Å². The van der Waals surface area contributed by atoms with Crippen LogP contribution in [-0.4, -0.2) is 26.4 Å². The third-order valence-corrected chi connectivity index (χ3v) is 6.55. The van der Waals surface area contributed by atoms with Crippen molar-refractivity contribution in [3.05, 3.63) is 30.3 Å². The first-order valence-electron chi connectivity index (χ1n) is 7.08. The highest BCUT2D eigenvalue weighted by Crippen LogP contribution is 2.36. The lowest BCUT2D eigenvalue weighted by molar-refractivity contribution is -0.0446. The monoisotopic (exact) mass is 280 g/mol. The second kappa shape index (κ2) is 5.25. The van der Waals surface area contributed by atoms with Crippen LogP contribution in [0.4, 0.5) is 0 Å². The minimum absolute atomic E-state index is 0.302. The summed E-state index contributed by atoms with van der Waals surface area (Å²) in [7, 11) is -3.24. The number of benzene rings is 1. The van der Waals surface area contributed by atoms with Crippen molar-refractivity contribution in [2.75, 3.05) is 6.61 Å². The van der Waals surface area contributed by atoms with Crippen molar-refractivity contribution < 1.29 is 13.2 Å². The molecule has 3 nitrogen and oxygen atoms in total. The van der Waals surface area contributed by atoms with Crippen LogP contribution >= 0.6 is 0 Å². The van der Waals surface area contributed by atoms with Crippen molar-refractivity contribution in [2.45, 2.75) is 48.4 Å². The molecule has 0 aromatic heterocycles. The van der Waals surface area contributed by atoms with Gasteiger partial charge < -0.3 is 4.74 Å². The first kappa shape index (κ1) is 13.1. The topological polar surface area (TPSA) is 43.4 Å². The Morgan fingerprint density at radius 1 is 1.05 bits per heavy atom. The summed E-state index contributed by atoms with van der Waals surface area (Å²) in [6, 6.07) is 8.76. The number of ether oxygens (including phenoxy) is 1. The molecule has 4 heteroatoms. The quantitative estimate of drug-likeness (QED) is 0.836. The summed E-state index contributed by atoms with van der Waals surface area (Å²) in [5.41, 5.74) is 0. The number of sulfone groups is 1. The molecule has 3 atom stereocenters. The molecule has 3 rings (SSSR count). The molecule has 0 spiro atoms. The van der Waals surface area contributed by atoms with Gasteiger partial charge in [-0.1, -0.05) is 31.0 Å². The predicted molar refractivity (Wildman–Crippen MR) is 73.7 cm³/mol. The molecule has 0 unspecified atom stereocenters. The lowest BCUT2D eigenvalue weighted by Crippen LogP contribution is -2.42. The predicted octanol–water partition coefficient (Wildman–Crippen LogP) is 2.81. The standard InChI is InChI=1S/C15H20O3S/c16-19(17,13-7-2-1-3-8-13)14-10-12-6-4-5-9-15(12)18-11-14/h1-3,7-8,12,14-15H,4-6,9-11H2/t12-,14-,15+/m0/s1. The van der Waals surface area contributed by atoms with E-state index >= 15 is 0 Å². The van der Waals surface area contributed by atoms with E-state index in [1.165, 1.54) is 12.8 Å². The molecule has 19 heavy (non-hydrogen) atoms. The zero-order valence-corrected chi connectivity index (χ0v) is 11.8. The Morgan fingerprint density at radius 3 is 2.58 bits per heavy atom. The number of fused-ring (bicyclic) bond motifs is 1. The van der Waals surface area contributed by atoms with Crippen molar-refractivity contribution in [3.8, 4) is 0 Å². The molecule has 1 saturated heterocycles. The van der Waals surface area contributed by atoms with Gasteiger partial charge >= 0.3 is 0 Å². The zero-order valence-electron chi connectivity index (χ0n) is 11.0. The van der Waals surface area contributed by atoms with Crippen LogP contribution in [0.15, 0.2) is 35.2 Å². The van der Waals surface area contributed by atoms with Gasteiger partial charge in [-0.25, -0.2) is 8.42 Å². The molecular formula is C15H20O3S. The molecule has 0 amide bonds. The van der Waals surface area contributed by atoms with Gasteiger partial charge in [0.2, 0.25) is 0 Å². The van der Waals surface area contributed by atoms with Crippen LogP contribution in [0.25, 0.3) is 0 Å². The first-order chi connectivity index (χ1) is 9.18. The van der Waals surface area contributed by atoms with Gasteiger partial charge in [-0.15, -0.1) is 0 Å². The molecular weight excluding hydrogens is 260 g/mol. The van der Waals surface area contributed by atoms with Gasteiger partial charge in [-0.3, -0.25) is 0 Å². The van der Waals surface area contributed by atoms with E-state index in [0.29, 0.717) is 23.5 Å². The largest absolute Gasteiger partial charge is 0.377 e. The maximum atomic E-state index is 12.6. The van der Waals surface area contributed by atoms with E-state index in [0.717, 1.165) is 19.3 Å². The Kier molecular flexibility index (Phi) is 3.63. The summed E-state index contributed by atoms with van der Waals surface area (Å²) in [5.74, 6) is 0.436. The molecule has 104 valence electrons. The highest BCUT2D eigenvalue weighted by atomic mass is 32.2. The van der Waals surface area contributed by atoms with E-state index < -0.39 is 9.84 Å². The maximum absolute atomic E-state index is 12.6. The van der Waals surface area contributed by atoms with Gasteiger partial charge in [0, 0.05) is 0 Å². The van der Waals surface area contributed by atoms with Gasteiger partial charge in [0.1, 0.15) is 0 Å². The molecule has 1 aromatic rings. The van der Waals surface area contributed by atoms with Crippen LogP contribution in [0.3, 0.4) is 0 Å². The SMILES string of the molecule is O=S(=O)(c1ccccc1)[C@@H]1CO[C@@H]2CCCC[C@H]2C1. The van der Waals surface area contributed by atoms with E-state index in [1.54, 1.807) is 24.3 Å². The second-order valence-corrected chi connectivity index (χ2v) is 7.86. The molecule has 1 saturated carbocycles. The summed E-state index contributed by atoms with van der Waals surface area (Å²) in [6.45, 7) is 0.360. The average molecular weight is 280 g/mol. The highest BCUT2D eigenvalue weighted by Gasteiger charge is 2.39. The average Bonchev–Trinajstić information content (AvgIpc) is 2.47. The normalized spacial score (nSPS) is 31.7. The van der Waals surface area contributed by atoms with Gasteiger partial charge in [0.15, 0.2) is 9.84 Å². The van der Waals surface area contributed by atoms with Crippen molar-refractivity contribution in [1.82, 2.24) is 0 Å². The summed E-state index contributed by atoms with van der Waals surface area (Å²) in [6.07, 6.45) is 5.71. The number of rotatable bonds is 2. The van der Waals surface area contributed by atoms with E-state index in [4.69, 9.17) is 4.74 Å². The van der Waals surface area contributed by atoms with Gasteiger partial charge in [0.25, 0.3) is 0 Å². The molecule has 2 aliphatic rings. The fraction of sp³-hybridized carbons (Fsp3) is 0.600. The Labute approximate surface area is 114 Å². The molecule has 0 N–H and O–H groups in total. The molecule has 0 bridgehead atoms. The molecule has 0 radical (unpaired) electrons. The van der Waals surface area contributed by atoms with Crippen molar-refractivity contribution >= 4 is 9.84 Å². The van der Waals surface area contributed by atoms with Crippen molar-refractivity contribution in [2.24, 2.45) is 5.92 Å². The van der Waals surface area contributed by atoms with Crippen LogP contribution in [0.2, 0.25) is 0 Å². The third kappa shape index (κ3) is 2.56. The van der Waals surface area contributed by atoms with Crippen LogP contribution in [0.1, 0.15) is 32.1 Å². The van der Waals surface area contributed by atoms with Crippen LogP contribution in [0, 0.1) is 5.92 Å². The fourth-order valence-electron chi connectivity index (χ4n) is 3.32. The molecule has 1 aliphatic carbocycles. The maximum Gasteiger partial charge on any atom is 0.183 e. The van der Waals surface area contributed by atoms with Crippen LogP contribution in [-0.2, 0) is 14.6 Å². The molecule has 1 aliphatic heterocycles. The smallest absolute Gasteiger partial charge is 0.183 e. The fourth-order valence-corrected chi connectivity index (χ4v) is 5.00. The zero-order chi connectivity index (χ0) is 13.3. The van der Waals surface area contributed by atoms with E-state index in [2.05, 4.69) is 0 Å². The Hall–Kier alpha value is -0.870. The second-order valence-electron chi connectivity index (χ2n) is 5.63. The number of hydrogen-bond donors (Lipinski definition) is 0. The Bertz CT molecular complexity index is 524. The lowest BCUT2D eigenvalue weighted by Gasteiger charge is -2.38. The Morgan fingerprint density at radius 2 is 1.79 bits per heavy atom. The molecule has 1 aromatic carbocycles. The van der Waals surface area contributed by atoms with Crippen LogP contribution in [0.5, 0.6) is 0 Å². The molecule has 1 heterocycles. The lowest BCUT2D eigenvalue weighted by atomic mass is 9.82. The summed E-state index contributed by atoms with van der Waals surface area (Å²) < 4.78 is 31.0. The van der Waals surface area contributed by atoms with Crippen molar-refractivity contribution in [1.29, 1.82) is 0 Å². The summed E-state index contributed by atoms with van der Waals surface area (Å²) in [5, 5.41) is -0.366. The Balaban J connectivity index is 1.79. The van der Waals surface area contributed by atoms with Gasteiger partial charge in [-0.2, -0.15) is 0 Å². The molecule has 2 fully saturated rings. The van der Waals surface area contributed by atoms with Gasteiger partial charge in [0.05, 0.1) is 22.9 Å². The first-order valence-corrected chi connectivity index (χ1v) is 8.63. The van der Waals surface area contributed by atoms with Gasteiger partial charge in [-0.05, 0) is 37.3 Å². The minimum Gasteiger partial charge on any atom is -0.377 e. The van der Waals surface area contributed by atoms with E-state index in [-0.39, 0.29) is 5.25 Å². The third-order valence-electron chi connectivity index (χ3n) is 4.41. The highest BCUT2D eigenvalue weighted by molar-refractivity contribution is 7.92. The van der Waals surface area contributed by atoms with Crippen LogP contribution < -0.4 is 0 Å². The summed E-state index contributed by atoms with van der Waals surface area (Å²) >= 11 is 0. The summed E-state index contributed by atoms with van der Waals surface area (Å²) in [4.78, 5) is 0.429.